The summed E-state index contributed by atoms with van der Waals surface area (Å²) in [7, 11) is 0. The van der Waals surface area contributed by atoms with Crippen molar-refractivity contribution in [1.82, 2.24) is 4.57 Å². The number of anilines is 1. The molecule has 0 bridgehead atoms. The normalized spacial score (nSPS) is 10.5. The summed E-state index contributed by atoms with van der Waals surface area (Å²) in [4.78, 5) is 24.0. The van der Waals surface area contributed by atoms with Gasteiger partial charge in [0.25, 0.3) is 5.91 Å². The molecule has 142 valence electrons. The fourth-order valence-electron chi connectivity index (χ4n) is 2.75. The number of amides is 1. The van der Waals surface area contributed by atoms with Crippen molar-refractivity contribution in [3.05, 3.63) is 47.2 Å². The average Bonchev–Trinajstić information content (AvgIpc) is 2.88. The average molecular weight is 367 g/mol. The maximum atomic E-state index is 12.3. The van der Waals surface area contributed by atoms with Crippen LogP contribution in [0.2, 0.25) is 0 Å². The number of aromatic nitrogens is 1. The molecule has 0 unspecified atom stereocenters. The van der Waals surface area contributed by atoms with Gasteiger partial charge in [-0.1, -0.05) is 32.0 Å². The number of hydrogen-bond donors (Lipinski definition) is 1. The Hall–Kier alpha value is -3.07. The molecule has 0 aliphatic heterocycles. The highest BCUT2D eigenvalue weighted by molar-refractivity contribution is 5.94. The van der Waals surface area contributed by atoms with E-state index in [2.05, 4.69) is 11.4 Å². The zero-order valence-electron chi connectivity index (χ0n) is 16.2. The Balaban J connectivity index is 2.18. The number of carbonyl (C=O) groups is 2. The highest BCUT2D eigenvalue weighted by Gasteiger charge is 2.21. The van der Waals surface area contributed by atoms with Crippen LogP contribution in [0.3, 0.4) is 0 Å². The fraction of sp³-hybridized carbons (Fsp3) is 0.381. The molecule has 1 amide bonds. The third kappa shape index (κ3) is 4.98. The van der Waals surface area contributed by atoms with Gasteiger partial charge in [-0.15, -0.1) is 0 Å². The van der Waals surface area contributed by atoms with Crippen molar-refractivity contribution in [2.75, 3.05) is 11.9 Å². The molecule has 1 aromatic heterocycles. The predicted molar refractivity (Wildman–Crippen MR) is 104 cm³/mol. The van der Waals surface area contributed by atoms with E-state index in [1.807, 2.05) is 62.6 Å². The Morgan fingerprint density at radius 2 is 1.89 bits per heavy atom. The van der Waals surface area contributed by atoms with Gasteiger partial charge in [-0.3, -0.25) is 14.2 Å². The van der Waals surface area contributed by atoms with Crippen LogP contribution in [0.5, 0.6) is 0 Å². The van der Waals surface area contributed by atoms with Gasteiger partial charge in [0.15, 0.2) is 6.61 Å². The molecule has 2 aromatic rings. The lowest BCUT2D eigenvalue weighted by Crippen LogP contribution is -2.23. The molecule has 27 heavy (non-hydrogen) atoms. The van der Waals surface area contributed by atoms with Gasteiger partial charge in [0.1, 0.15) is 11.9 Å². The summed E-state index contributed by atoms with van der Waals surface area (Å²) in [5.74, 6) is -0.0872. The van der Waals surface area contributed by atoms with Gasteiger partial charge in [0.2, 0.25) is 0 Å². The van der Waals surface area contributed by atoms with Crippen LogP contribution in [0.4, 0.5) is 5.82 Å². The molecule has 0 spiro atoms. The molecular formula is C21H25N3O3. The first-order chi connectivity index (χ1) is 12.8. The molecular weight excluding hydrogens is 342 g/mol. The summed E-state index contributed by atoms with van der Waals surface area (Å²) in [6.45, 7) is 7.40. The molecule has 0 radical (unpaired) electrons. The molecule has 0 aliphatic rings. The monoisotopic (exact) mass is 367 g/mol. The minimum atomic E-state index is -0.473. The summed E-state index contributed by atoms with van der Waals surface area (Å²) in [6, 6.07) is 11.6. The number of nitriles is 1. The summed E-state index contributed by atoms with van der Waals surface area (Å²) in [5.41, 5.74) is 2.90. The Bertz CT molecular complexity index is 861. The van der Waals surface area contributed by atoms with Gasteiger partial charge in [-0.2, -0.15) is 5.26 Å². The molecule has 0 atom stereocenters. The minimum Gasteiger partial charge on any atom is -0.456 e. The Morgan fingerprint density at radius 1 is 1.22 bits per heavy atom. The number of carbonyl (C=O) groups excluding carboxylic acids is 2. The fourth-order valence-corrected chi connectivity index (χ4v) is 2.75. The van der Waals surface area contributed by atoms with Crippen molar-refractivity contribution in [2.24, 2.45) is 5.92 Å². The van der Waals surface area contributed by atoms with Crippen molar-refractivity contribution in [1.29, 1.82) is 5.26 Å². The summed E-state index contributed by atoms with van der Waals surface area (Å²) in [5, 5.41) is 12.3. The molecule has 6 nitrogen and oxygen atoms in total. The van der Waals surface area contributed by atoms with E-state index in [1.165, 1.54) is 0 Å². The number of ether oxygens (including phenoxy) is 1. The lowest BCUT2D eigenvalue weighted by Gasteiger charge is -2.13. The number of rotatable bonds is 7. The predicted octanol–water partition coefficient (Wildman–Crippen LogP) is 3.88. The van der Waals surface area contributed by atoms with Crippen LogP contribution in [0.25, 0.3) is 5.69 Å². The van der Waals surface area contributed by atoms with E-state index in [1.54, 1.807) is 0 Å². The number of para-hydroxylation sites is 1. The zero-order chi connectivity index (χ0) is 20.0. The smallest absolute Gasteiger partial charge is 0.306 e. The molecule has 0 fully saturated rings. The van der Waals surface area contributed by atoms with E-state index in [0.717, 1.165) is 16.9 Å². The SMILES string of the molecule is Cc1c(C#N)c(NC(=O)COC(=O)CCC(C)C)n(-c2ccccc2)c1C. The van der Waals surface area contributed by atoms with Gasteiger partial charge in [-0.05, 0) is 43.9 Å². The van der Waals surface area contributed by atoms with Crippen molar-refractivity contribution >= 4 is 17.7 Å². The third-order valence-corrected chi connectivity index (χ3v) is 4.39. The zero-order valence-corrected chi connectivity index (χ0v) is 16.2. The van der Waals surface area contributed by atoms with E-state index in [0.29, 0.717) is 23.7 Å². The molecule has 0 saturated heterocycles. The van der Waals surface area contributed by atoms with Gasteiger partial charge in [0.05, 0.1) is 5.56 Å². The van der Waals surface area contributed by atoms with Crippen LogP contribution in [0.1, 0.15) is 43.5 Å². The Morgan fingerprint density at radius 3 is 2.48 bits per heavy atom. The highest BCUT2D eigenvalue weighted by atomic mass is 16.5. The van der Waals surface area contributed by atoms with Crippen molar-refractivity contribution < 1.29 is 14.3 Å². The summed E-state index contributed by atoms with van der Waals surface area (Å²) >= 11 is 0. The number of benzene rings is 1. The topological polar surface area (TPSA) is 84.1 Å². The van der Waals surface area contributed by atoms with E-state index < -0.39 is 11.9 Å². The highest BCUT2D eigenvalue weighted by Crippen LogP contribution is 2.29. The maximum Gasteiger partial charge on any atom is 0.306 e. The first-order valence-corrected chi connectivity index (χ1v) is 8.98. The maximum absolute atomic E-state index is 12.3. The standard InChI is InChI=1S/C21H25N3O3/c1-14(2)10-11-20(26)27-13-19(25)23-21-18(12-22)15(3)16(4)24(21)17-8-6-5-7-9-17/h5-9,14H,10-11,13H2,1-4H3,(H,23,25). The van der Waals surface area contributed by atoms with E-state index in [9.17, 15) is 14.9 Å². The second kappa shape index (κ2) is 9.04. The Kier molecular flexibility index (Phi) is 6.78. The second-order valence-corrected chi connectivity index (χ2v) is 6.86. The Labute approximate surface area is 159 Å². The van der Waals surface area contributed by atoms with Crippen LogP contribution in [-0.2, 0) is 14.3 Å². The molecule has 6 heteroatoms. The molecule has 1 heterocycles. The van der Waals surface area contributed by atoms with Crippen LogP contribution >= 0.6 is 0 Å². The summed E-state index contributed by atoms with van der Waals surface area (Å²) in [6.07, 6.45) is 1.00. The molecule has 0 saturated carbocycles. The molecule has 1 N–H and O–H groups in total. The number of nitrogens with one attached hydrogen (secondary N) is 1. The third-order valence-electron chi connectivity index (χ3n) is 4.39. The summed E-state index contributed by atoms with van der Waals surface area (Å²) < 4.78 is 6.87. The molecule has 2 rings (SSSR count). The minimum absolute atomic E-state index is 0.285. The van der Waals surface area contributed by atoms with Crippen molar-refractivity contribution in [3.63, 3.8) is 0 Å². The van der Waals surface area contributed by atoms with Crippen molar-refractivity contribution in [3.8, 4) is 11.8 Å². The van der Waals surface area contributed by atoms with Crippen LogP contribution in [0.15, 0.2) is 30.3 Å². The van der Waals surface area contributed by atoms with Crippen molar-refractivity contribution in [2.45, 2.75) is 40.5 Å². The lowest BCUT2D eigenvalue weighted by atomic mass is 10.1. The second-order valence-electron chi connectivity index (χ2n) is 6.86. The quantitative estimate of drug-likeness (QED) is 0.753. The first-order valence-electron chi connectivity index (χ1n) is 8.98. The van der Waals surface area contributed by atoms with E-state index in [-0.39, 0.29) is 13.0 Å². The van der Waals surface area contributed by atoms with Gasteiger partial charge < -0.3 is 10.1 Å². The number of nitrogens with zero attached hydrogens (tertiary/aromatic N) is 2. The van der Waals surface area contributed by atoms with E-state index >= 15 is 0 Å². The van der Waals surface area contributed by atoms with Gasteiger partial charge in [-0.25, -0.2) is 0 Å². The van der Waals surface area contributed by atoms with E-state index in [4.69, 9.17) is 4.74 Å². The number of hydrogen-bond acceptors (Lipinski definition) is 4. The van der Waals surface area contributed by atoms with Gasteiger partial charge >= 0.3 is 5.97 Å². The van der Waals surface area contributed by atoms with Crippen LogP contribution in [-0.4, -0.2) is 23.1 Å². The van der Waals surface area contributed by atoms with Gasteiger partial charge in [0, 0.05) is 17.8 Å². The molecule has 0 aliphatic carbocycles. The number of esters is 1. The van der Waals surface area contributed by atoms with Crippen LogP contribution in [0, 0.1) is 31.1 Å². The van der Waals surface area contributed by atoms with Crippen LogP contribution < -0.4 is 5.32 Å². The lowest BCUT2D eigenvalue weighted by molar-refractivity contribution is -0.147. The first kappa shape index (κ1) is 20.2. The largest absolute Gasteiger partial charge is 0.456 e. The molecule has 1 aromatic carbocycles.